The molecule has 0 aliphatic heterocycles. The molecule has 0 atom stereocenters. The molecule has 1 aromatic carbocycles. The first kappa shape index (κ1) is 13.8. The van der Waals surface area contributed by atoms with E-state index in [9.17, 15) is 0 Å². The van der Waals surface area contributed by atoms with Gasteiger partial charge < -0.3 is 10.3 Å². The highest BCUT2D eigenvalue weighted by Gasteiger charge is 2.19. The third-order valence-corrected chi connectivity index (χ3v) is 3.97. The van der Waals surface area contributed by atoms with Gasteiger partial charge in [0.15, 0.2) is 0 Å². The molecule has 0 aliphatic rings. The van der Waals surface area contributed by atoms with Crippen LogP contribution in [0.1, 0.15) is 25.0 Å². The Bertz CT molecular complexity index is 713. The van der Waals surface area contributed by atoms with Gasteiger partial charge in [-0.15, -0.1) is 0 Å². The summed E-state index contributed by atoms with van der Waals surface area (Å²) in [5.41, 5.74) is 3.70. The van der Waals surface area contributed by atoms with Gasteiger partial charge >= 0.3 is 0 Å². The maximum atomic E-state index is 4.32. The van der Waals surface area contributed by atoms with Crippen LogP contribution in [0, 0.1) is 0 Å². The quantitative estimate of drug-likeness (QED) is 0.748. The van der Waals surface area contributed by atoms with Crippen LogP contribution in [0.15, 0.2) is 54.9 Å². The zero-order chi connectivity index (χ0) is 14.7. The molecule has 0 saturated heterocycles. The molecule has 0 unspecified atom stereocenters. The first-order valence-electron chi connectivity index (χ1n) is 7.34. The first-order chi connectivity index (χ1) is 10.2. The number of aromatic amines is 1. The Hall–Kier alpha value is -2.13. The van der Waals surface area contributed by atoms with E-state index in [4.69, 9.17) is 0 Å². The number of rotatable bonds is 5. The Morgan fingerprint density at radius 2 is 1.90 bits per heavy atom. The molecule has 0 radical (unpaired) electrons. The molecule has 2 N–H and O–H groups in total. The molecule has 2 heterocycles. The molecule has 21 heavy (non-hydrogen) atoms. The number of pyridine rings is 1. The monoisotopic (exact) mass is 279 g/mol. The van der Waals surface area contributed by atoms with Gasteiger partial charge in [-0.05, 0) is 23.3 Å². The van der Waals surface area contributed by atoms with Crippen molar-refractivity contribution >= 4 is 11.0 Å². The zero-order valence-corrected chi connectivity index (χ0v) is 12.6. The van der Waals surface area contributed by atoms with Gasteiger partial charge in [-0.1, -0.05) is 44.2 Å². The van der Waals surface area contributed by atoms with Crippen molar-refractivity contribution in [3.05, 3.63) is 66.0 Å². The lowest BCUT2D eigenvalue weighted by Gasteiger charge is -2.25. The molecule has 0 saturated carbocycles. The van der Waals surface area contributed by atoms with E-state index in [1.54, 1.807) is 0 Å². The van der Waals surface area contributed by atoms with E-state index in [1.807, 2.05) is 18.5 Å². The maximum absolute atomic E-state index is 4.32. The molecular formula is C18H21N3. The standard InChI is InChI=1S/C18H21N3/c1-18(2,15-7-4-3-5-8-15)13-19-11-14-12-21-17-16(14)9-6-10-20-17/h3-10,12,19H,11,13H2,1-2H3,(H,20,21). The summed E-state index contributed by atoms with van der Waals surface area (Å²) in [6, 6.07) is 14.7. The van der Waals surface area contributed by atoms with E-state index in [1.165, 1.54) is 16.5 Å². The molecule has 0 fully saturated rings. The van der Waals surface area contributed by atoms with Gasteiger partial charge in [-0.25, -0.2) is 4.98 Å². The maximum Gasteiger partial charge on any atom is 0.137 e. The fourth-order valence-electron chi connectivity index (χ4n) is 2.66. The second-order valence-electron chi connectivity index (χ2n) is 6.07. The third kappa shape index (κ3) is 2.98. The van der Waals surface area contributed by atoms with Gasteiger partial charge in [-0.2, -0.15) is 0 Å². The van der Waals surface area contributed by atoms with Gasteiger partial charge in [0.2, 0.25) is 0 Å². The molecule has 108 valence electrons. The number of fused-ring (bicyclic) bond motifs is 1. The van der Waals surface area contributed by atoms with Gasteiger partial charge in [0.1, 0.15) is 5.65 Å². The highest BCUT2D eigenvalue weighted by molar-refractivity contribution is 5.79. The summed E-state index contributed by atoms with van der Waals surface area (Å²) in [7, 11) is 0. The lowest BCUT2D eigenvalue weighted by Crippen LogP contribution is -2.32. The molecular weight excluding hydrogens is 258 g/mol. The van der Waals surface area contributed by atoms with Crippen molar-refractivity contribution < 1.29 is 0 Å². The highest BCUT2D eigenvalue weighted by atomic mass is 14.9. The fourth-order valence-corrected chi connectivity index (χ4v) is 2.66. The van der Waals surface area contributed by atoms with Crippen molar-refractivity contribution in [2.45, 2.75) is 25.8 Å². The largest absolute Gasteiger partial charge is 0.346 e. The van der Waals surface area contributed by atoms with E-state index >= 15 is 0 Å². The molecule has 0 bridgehead atoms. The van der Waals surface area contributed by atoms with Crippen molar-refractivity contribution in [2.75, 3.05) is 6.54 Å². The molecule has 2 aromatic heterocycles. The van der Waals surface area contributed by atoms with Crippen molar-refractivity contribution in [1.82, 2.24) is 15.3 Å². The van der Waals surface area contributed by atoms with E-state index < -0.39 is 0 Å². The minimum Gasteiger partial charge on any atom is -0.346 e. The van der Waals surface area contributed by atoms with E-state index in [2.05, 4.69) is 65.5 Å². The summed E-state index contributed by atoms with van der Waals surface area (Å²) < 4.78 is 0. The average molecular weight is 279 g/mol. The Morgan fingerprint density at radius 3 is 2.71 bits per heavy atom. The molecule has 0 spiro atoms. The minimum absolute atomic E-state index is 0.117. The van der Waals surface area contributed by atoms with Crippen LogP contribution < -0.4 is 5.32 Å². The summed E-state index contributed by atoms with van der Waals surface area (Å²) in [5.74, 6) is 0. The predicted octanol–water partition coefficient (Wildman–Crippen LogP) is 3.63. The average Bonchev–Trinajstić information content (AvgIpc) is 2.92. The van der Waals surface area contributed by atoms with Crippen LogP contribution in [-0.2, 0) is 12.0 Å². The van der Waals surface area contributed by atoms with Crippen LogP contribution >= 0.6 is 0 Å². The number of H-pyrrole nitrogens is 1. The Balaban J connectivity index is 1.66. The van der Waals surface area contributed by atoms with Crippen molar-refractivity contribution in [2.24, 2.45) is 0 Å². The number of nitrogens with one attached hydrogen (secondary N) is 2. The van der Waals surface area contributed by atoms with Gasteiger partial charge in [0.25, 0.3) is 0 Å². The smallest absolute Gasteiger partial charge is 0.137 e. The fraction of sp³-hybridized carbons (Fsp3) is 0.278. The number of hydrogen-bond acceptors (Lipinski definition) is 2. The second kappa shape index (κ2) is 5.70. The first-order valence-corrected chi connectivity index (χ1v) is 7.34. The second-order valence-corrected chi connectivity index (χ2v) is 6.07. The van der Waals surface area contributed by atoms with Crippen LogP contribution in [-0.4, -0.2) is 16.5 Å². The number of benzene rings is 1. The summed E-state index contributed by atoms with van der Waals surface area (Å²) in [6.45, 7) is 6.32. The summed E-state index contributed by atoms with van der Waals surface area (Å²) >= 11 is 0. The minimum atomic E-state index is 0.117. The molecule has 0 aliphatic carbocycles. The van der Waals surface area contributed by atoms with E-state index in [-0.39, 0.29) is 5.41 Å². The van der Waals surface area contributed by atoms with Crippen LogP contribution in [0.4, 0.5) is 0 Å². The zero-order valence-electron chi connectivity index (χ0n) is 12.6. The molecule has 0 amide bonds. The SMILES string of the molecule is CC(C)(CNCc1c[nH]c2ncccc12)c1ccccc1. The predicted molar refractivity (Wildman–Crippen MR) is 87.3 cm³/mol. The summed E-state index contributed by atoms with van der Waals surface area (Å²) in [5, 5.41) is 4.77. The van der Waals surface area contributed by atoms with Crippen LogP contribution in [0.3, 0.4) is 0 Å². The van der Waals surface area contributed by atoms with E-state index in [0.717, 1.165) is 18.7 Å². The molecule has 3 rings (SSSR count). The van der Waals surface area contributed by atoms with Gasteiger partial charge in [0, 0.05) is 36.3 Å². The topological polar surface area (TPSA) is 40.7 Å². The lowest BCUT2D eigenvalue weighted by atomic mass is 9.84. The lowest BCUT2D eigenvalue weighted by molar-refractivity contribution is 0.469. The molecule has 3 nitrogen and oxygen atoms in total. The highest BCUT2D eigenvalue weighted by Crippen LogP contribution is 2.22. The number of nitrogens with zero attached hydrogens (tertiary/aromatic N) is 1. The van der Waals surface area contributed by atoms with Crippen molar-refractivity contribution in [1.29, 1.82) is 0 Å². The normalized spacial score (nSPS) is 11.9. The summed E-state index contributed by atoms with van der Waals surface area (Å²) in [4.78, 5) is 7.54. The van der Waals surface area contributed by atoms with Crippen LogP contribution in [0.5, 0.6) is 0 Å². The molecule has 3 aromatic rings. The van der Waals surface area contributed by atoms with E-state index in [0.29, 0.717) is 0 Å². The van der Waals surface area contributed by atoms with Crippen molar-refractivity contribution in [3.63, 3.8) is 0 Å². The third-order valence-electron chi connectivity index (χ3n) is 3.97. The number of hydrogen-bond donors (Lipinski definition) is 2. The van der Waals surface area contributed by atoms with Gasteiger partial charge in [0.05, 0.1) is 0 Å². The Morgan fingerprint density at radius 1 is 1.10 bits per heavy atom. The number of aromatic nitrogens is 2. The Labute approximate surface area is 125 Å². The summed E-state index contributed by atoms with van der Waals surface area (Å²) in [6.07, 6.45) is 3.86. The molecule has 3 heteroatoms. The van der Waals surface area contributed by atoms with Crippen LogP contribution in [0.25, 0.3) is 11.0 Å². The van der Waals surface area contributed by atoms with Gasteiger partial charge in [-0.3, -0.25) is 0 Å². The Kier molecular flexibility index (Phi) is 3.76. The van der Waals surface area contributed by atoms with Crippen molar-refractivity contribution in [3.8, 4) is 0 Å². The van der Waals surface area contributed by atoms with Crippen LogP contribution in [0.2, 0.25) is 0 Å².